The summed E-state index contributed by atoms with van der Waals surface area (Å²) in [5.41, 5.74) is 3.68. The number of aromatic nitrogens is 3. The average Bonchev–Trinajstić information content (AvgIpc) is 2.63. The Morgan fingerprint density at radius 3 is 2.37 bits per heavy atom. The summed E-state index contributed by atoms with van der Waals surface area (Å²) in [5, 5.41) is 3.36. The number of pyridine rings is 1. The number of carbonyl (C=O) groups is 1. The molecule has 0 atom stereocenters. The van der Waals surface area contributed by atoms with Crippen molar-refractivity contribution in [1.82, 2.24) is 15.0 Å². The Kier molecular flexibility index (Phi) is 7.21. The number of amides is 1. The Labute approximate surface area is 166 Å². The Morgan fingerprint density at radius 2 is 1.74 bits per heavy atom. The van der Waals surface area contributed by atoms with E-state index in [1.54, 1.807) is 25.1 Å². The van der Waals surface area contributed by atoms with Gasteiger partial charge in [-0.2, -0.15) is 0 Å². The molecule has 0 fully saturated rings. The zero-order valence-electron chi connectivity index (χ0n) is 14.9. The minimum Gasteiger partial charge on any atom is -0.327 e. The number of rotatable bonds is 3. The van der Waals surface area contributed by atoms with Crippen molar-refractivity contribution in [3.63, 3.8) is 0 Å². The molecule has 1 N–H and O–H groups in total. The van der Waals surface area contributed by atoms with Gasteiger partial charge in [0, 0.05) is 11.3 Å². The molecule has 0 radical (unpaired) electrons. The van der Waals surface area contributed by atoms with Crippen molar-refractivity contribution >= 4 is 35.3 Å². The van der Waals surface area contributed by atoms with Gasteiger partial charge in [-0.05, 0) is 45.0 Å². The first-order valence-electron chi connectivity index (χ1n) is 7.90. The molecule has 1 aromatic carbocycles. The van der Waals surface area contributed by atoms with Crippen molar-refractivity contribution in [2.75, 3.05) is 5.32 Å². The summed E-state index contributed by atoms with van der Waals surface area (Å²) in [7, 11) is 0. The molecule has 0 saturated carbocycles. The van der Waals surface area contributed by atoms with Crippen molar-refractivity contribution in [3.8, 4) is 11.3 Å². The van der Waals surface area contributed by atoms with Gasteiger partial charge in [0.15, 0.2) is 5.82 Å². The predicted octanol–water partition coefficient (Wildman–Crippen LogP) is 5.16. The molecule has 27 heavy (non-hydrogen) atoms. The maximum atomic E-state index is 13.7. The minimum atomic E-state index is -0.444. The van der Waals surface area contributed by atoms with E-state index in [1.165, 1.54) is 6.33 Å². The quantitative estimate of drug-likeness (QED) is 0.609. The number of aryl methyl sites for hydroxylation is 3. The van der Waals surface area contributed by atoms with Gasteiger partial charge >= 0.3 is 0 Å². The van der Waals surface area contributed by atoms with Crippen molar-refractivity contribution < 1.29 is 9.18 Å². The summed E-state index contributed by atoms with van der Waals surface area (Å²) in [5.74, 6) is -0.444. The molecule has 2 aromatic heterocycles. The maximum absolute atomic E-state index is 13.7. The molecule has 0 spiro atoms. The van der Waals surface area contributed by atoms with Crippen LogP contribution in [0.25, 0.3) is 11.3 Å². The highest BCUT2D eigenvalue weighted by Gasteiger charge is 2.11. The van der Waals surface area contributed by atoms with Crippen molar-refractivity contribution in [2.24, 2.45) is 0 Å². The highest BCUT2D eigenvalue weighted by molar-refractivity contribution is 6.42. The summed E-state index contributed by atoms with van der Waals surface area (Å²) in [6, 6.07) is 8.55. The van der Waals surface area contributed by atoms with E-state index in [-0.39, 0.29) is 5.69 Å². The van der Waals surface area contributed by atoms with Gasteiger partial charge in [-0.1, -0.05) is 29.3 Å². The van der Waals surface area contributed by atoms with E-state index in [9.17, 15) is 9.18 Å². The largest absolute Gasteiger partial charge is 0.327 e. The fourth-order valence-electron chi connectivity index (χ4n) is 2.21. The van der Waals surface area contributed by atoms with E-state index in [0.29, 0.717) is 27.7 Å². The third kappa shape index (κ3) is 5.45. The number of carbonyl (C=O) groups excluding carboxylic acids is 1. The Bertz CT molecular complexity index is 966. The fraction of sp³-hybridized carbons (Fsp3) is 0.158. The average molecular weight is 407 g/mol. The standard InChI is InChI=1S/C11H7Cl2FN2.C8H10N2O/c1-6-10(14)11(16-5-15-6)7-2-3-8(12)9(13)4-7;1-6-3-4-8(9-5-11)7(2)10-6/h2-5H,1H3;3-5H,1-2H3,(H,9,11). The lowest BCUT2D eigenvalue weighted by Gasteiger charge is -2.05. The number of halogens is 3. The third-order valence-corrected chi connectivity index (χ3v) is 4.34. The number of anilines is 1. The molecule has 140 valence electrons. The molecule has 0 aliphatic rings. The van der Waals surface area contributed by atoms with Gasteiger partial charge in [0.25, 0.3) is 0 Å². The lowest BCUT2D eigenvalue weighted by Crippen LogP contribution is -1.98. The van der Waals surface area contributed by atoms with E-state index < -0.39 is 5.82 Å². The zero-order chi connectivity index (χ0) is 20.0. The van der Waals surface area contributed by atoms with Crippen LogP contribution in [0.1, 0.15) is 17.1 Å². The SMILES string of the molecule is Cc1ccc(NC=O)c(C)n1.Cc1ncnc(-c2ccc(Cl)c(Cl)c2)c1F. The summed E-state index contributed by atoms with van der Waals surface area (Å²) in [6.45, 7) is 5.36. The van der Waals surface area contributed by atoms with Gasteiger partial charge in [-0.25, -0.2) is 14.4 Å². The van der Waals surface area contributed by atoms with Gasteiger partial charge in [0.1, 0.15) is 12.0 Å². The monoisotopic (exact) mass is 406 g/mol. The topological polar surface area (TPSA) is 67.8 Å². The number of hydrogen-bond donors (Lipinski definition) is 1. The van der Waals surface area contributed by atoms with Crippen LogP contribution in [-0.4, -0.2) is 21.4 Å². The van der Waals surface area contributed by atoms with E-state index in [2.05, 4.69) is 20.3 Å². The first-order valence-corrected chi connectivity index (χ1v) is 8.66. The van der Waals surface area contributed by atoms with Crippen LogP contribution in [0.4, 0.5) is 10.1 Å². The molecule has 0 bridgehead atoms. The lowest BCUT2D eigenvalue weighted by atomic mass is 10.1. The summed E-state index contributed by atoms with van der Waals surface area (Å²) >= 11 is 11.6. The van der Waals surface area contributed by atoms with Gasteiger partial charge < -0.3 is 5.32 Å². The van der Waals surface area contributed by atoms with Crippen molar-refractivity contribution in [1.29, 1.82) is 0 Å². The van der Waals surface area contributed by atoms with Crippen LogP contribution >= 0.6 is 23.2 Å². The minimum absolute atomic E-state index is 0.228. The molecule has 0 aliphatic carbocycles. The van der Waals surface area contributed by atoms with Crippen molar-refractivity contribution in [2.45, 2.75) is 20.8 Å². The van der Waals surface area contributed by atoms with E-state index in [1.807, 2.05) is 26.0 Å². The summed E-state index contributed by atoms with van der Waals surface area (Å²) < 4.78 is 13.7. The zero-order valence-corrected chi connectivity index (χ0v) is 16.4. The van der Waals surface area contributed by atoms with Crippen LogP contribution in [0.2, 0.25) is 10.0 Å². The molecular weight excluding hydrogens is 390 g/mol. The van der Waals surface area contributed by atoms with E-state index in [0.717, 1.165) is 17.1 Å². The molecule has 8 heteroatoms. The van der Waals surface area contributed by atoms with Crippen LogP contribution in [0.15, 0.2) is 36.7 Å². The van der Waals surface area contributed by atoms with E-state index >= 15 is 0 Å². The number of hydrogen-bond acceptors (Lipinski definition) is 4. The Hall–Kier alpha value is -2.57. The smallest absolute Gasteiger partial charge is 0.211 e. The molecule has 3 aromatic rings. The molecule has 2 heterocycles. The van der Waals surface area contributed by atoms with Gasteiger partial charge in [0.2, 0.25) is 6.41 Å². The summed E-state index contributed by atoms with van der Waals surface area (Å²) in [6.07, 6.45) is 1.97. The maximum Gasteiger partial charge on any atom is 0.211 e. The molecule has 0 unspecified atom stereocenters. The van der Waals surface area contributed by atoms with Gasteiger partial charge in [0.05, 0.1) is 27.1 Å². The lowest BCUT2D eigenvalue weighted by molar-refractivity contribution is -0.105. The highest BCUT2D eigenvalue weighted by atomic mass is 35.5. The first-order chi connectivity index (χ1) is 12.8. The molecule has 0 saturated heterocycles. The number of nitrogens with zero attached hydrogens (tertiary/aromatic N) is 3. The predicted molar refractivity (Wildman–Crippen MR) is 106 cm³/mol. The third-order valence-electron chi connectivity index (χ3n) is 3.60. The molecule has 3 rings (SSSR count). The fourth-order valence-corrected chi connectivity index (χ4v) is 2.50. The highest BCUT2D eigenvalue weighted by Crippen LogP contribution is 2.28. The van der Waals surface area contributed by atoms with Crippen LogP contribution in [0, 0.1) is 26.6 Å². The normalized spacial score (nSPS) is 10.0. The molecular formula is C19H17Cl2FN4O. The van der Waals surface area contributed by atoms with Crippen molar-refractivity contribution in [3.05, 3.63) is 69.6 Å². The molecule has 0 aliphatic heterocycles. The van der Waals surface area contributed by atoms with Crippen LogP contribution in [0.5, 0.6) is 0 Å². The van der Waals surface area contributed by atoms with E-state index in [4.69, 9.17) is 23.2 Å². The van der Waals surface area contributed by atoms with Gasteiger partial charge in [-0.3, -0.25) is 9.78 Å². The molecule has 1 amide bonds. The second-order valence-electron chi connectivity index (χ2n) is 5.60. The molecule has 5 nitrogen and oxygen atoms in total. The van der Waals surface area contributed by atoms with Crippen LogP contribution < -0.4 is 5.32 Å². The van der Waals surface area contributed by atoms with Crippen LogP contribution in [-0.2, 0) is 4.79 Å². The Morgan fingerprint density at radius 1 is 1.00 bits per heavy atom. The van der Waals surface area contributed by atoms with Crippen LogP contribution in [0.3, 0.4) is 0 Å². The number of nitrogens with one attached hydrogen (secondary N) is 1. The summed E-state index contributed by atoms with van der Waals surface area (Å²) in [4.78, 5) is 21.9. The number of benzene rings is 1. The second kappa shape index (κ2) is 9.39. The second-order valence-corrected chi connectivity index (χ2v) is 6.41. The first kappa shape index (κ1) is 20.7. The van der Waals surface area contributed by atoms with Gasteiger partial charge in [-0.15, -0.1) is 0 Å². The Balaban J connectivity index is 0.000000208.